The molecular weight excluding hydrogens is 290 g/mol. The topological polar surface area (TPSA) is 89.9 Å². The fourth-order valence-corrected chi connectivity index (χ4v) is 2.25. The molecule has 112 valence electrons. The minimum Gasteiger partial charge on any atom is -0.417 e. The van der Waals surface area contributed by atoms with E-state index in [1.165, 1.54) is 6.33 Å². The third kappa shape index (κ3) is 2.57. The number of hydrogen-bond donors (Lipinski definition) is 2. The molecule has 0 fully saturated rings. The number of nitrogens with one attached hydrogen (secondary N) is 1. The standard InChI is InChI=1S/C17H13N5O/c18-12-8-6-11(7-9-12)16-22-14-15(19-10-20-17(14)23-16)21-13-4-2-1-3-5-13/h1-10H,18H2,(H,19,20,21). The Morgan fingerprint density at radius 3 is 2.48 bits per heavy atom. The predicted molar refractivity (Wildman–Crippen MR) is 89.2 cm³/mol. The summed E-state index contributed by atoms with van der Waals surface area (Å²) in [4.78, 5) is 12.9. The lowest BCUT2D eigenvalue weighted by molar-refractivity contribution is 0.607. The summed E-state index contributed by atoms with van der Waals surface area (Å²) in [6.07, 6.45) is 1.45. The van der Waals surface area contributed by atoms with Crippen molar-refractivity contribution in [1.82, 2.24) is 15.0 Å². The van der Waals surface area contributed by atoms with Crippen LogP contribution in [0.15, 0.2) is 65.3 Å². The van der Waals surface area contributed by atoms with E-state index in [0.717, 1.165) is 11.3 Å². The monoisotopic (exact) mass is 303 g/mol. The van der Waals surface area contributed by atoms with Gasteiger partial charge in [-0.3, -0.25) is 0 Å². The SMILES string of the molecule is Nc1ccc(-c2nc3c(Nc4ccccc4)ncnc3o2)cc1. The van der Waals surface area contributed by atoms with Crippen LogP contribution in [-0.4, -0.2) is 15.0 Å². The lowest BCUT2D eigenvalue weighted by Crippen LogP contribution is -1.95. The van der Waals surface area contributed by atoms with Crippen LogP contribution in [-0.2, 0) is 0 Å². The second kappa shape index (κ2) is 5.42. The van der Waals surface area contributed by atoms with Gasteiger partial charge >= 0.3 is 0 Å². The quantitative estimate of drug-likeness (QED) is 0.562. The molecule has 0 bridgehead atoms. The molecule has 0 saturated carbocycles. The van der Waals surface area contributed by atoms with E-state index in [1.54, 1.807) is 12.1 Å². The van der Waals surface area contributed by atoms with Crippen LogP contribution in [0.4, 0.5) is 17.2 Å². The second-order valence-corrected chi connectivity index (χ2v) is 5.01. The average molecular weight is 303 g/mol. The molecule has 23 heavy (non-hydrogen) atoms. The zero-order valence-electron chi connectivity index (χ0n) is 12.1. The third-order valence-electron chi connectivity index (χ3n) is 3.39. The number of rotatable bonds is 3. The van der Waals surface area contributed by atoms with Crippen LogP contribution >= 0.6 is 0 Å². The van der Waals surface area contributed by atoms with Crippen LogP contribution in [0.2, 0.25) is 0 Å². The smallest absolute Gasteiger partial charge is 0.252 e. The second-order valence-electron chi connectivity index (χ2n) is 5.01. The van der Waals surface area contributed by atoms with Gasteiger partial charge < -0.3 is 15.5 Å². The summed E-state index contributed by atoms with van der Waals surface area (Å²) in [6, 6.07) is 17.1. The summed E-state index contributed by atoms with van der Waals surface area (Å²) in [5.41, 5.74) is 9.18. The van der Waals surface area contributed by atoms with Crippen LogP contribution in [0.25, 0.3) is 22.7 Å². The summed E-state index contributed by atoms with van der Waals surface area (Å²) < 4.78 is 5.73. The van der Waals surface area contributed by atoms with Gasteiger partial charge in [0.2, 0.25) is 5.89 Å². The molecule has 2 aromatic heterocycles. The fraction of sp³-hybridized carbons (Fsp3) is 0. The van der Waals surface area contributed by atoms with Crippen molar-refractivity contribution in [2.24, 2.45) is 0 Å². The molecule has 0 atom stereocenters. The van der Waals surface area contributed by atoms with E-state index < -0.39 is 0 Å². The highest BCUT2D eigenvalue weighted by Gasteiger charge is 2.13. The summed E-state index contributed by atoms with van der Waals surface area (Å²) >= 11 is 0. The minimum atomic E-state index is 0.435. The van der Waals surface area contributed by atoms with Crippen molar-refractivity contribution >= 4 is 28.4 Å². The molecule has 0 aliphatic carbocycles. The molecule has 0 spiro atoms. The van der Waals surface area contributed by atoms with Gasteiger partial charge in [-0.05, 0) is 36.4 Å². The first-order valence-electron chi connectivity index (χ1n) is 7.09. The first-order valence-corrected chi connectivity index (χ1v) is 7.09. The van der Waals surface area contributed by atoms with Gasteiger partial charge in [-0.1, -0.05) is 18.2 Å². The first kappa shape index (κ1) is 13.3. The molecule has 4 rings (SSSR count). The van der Waals surface area contributed by atoms with E-state index in [4.69, 9.17) is 10.2 Å². The summed E-state index contributed by atoms with van der Waals surface area (Å²) in [5, 5.41) is 3.23. The number of para-hydroxylation sites is 1. The Bertz CT molecular complexity index is 948. The molecule has 0 aliphatic rings. The van der Waals surface area contributed by atoms with Crippen LogP contribution in [0.5, 0.6) is 0 Å². The predicted octanol–water partition coefficient (Wildman–Crippen LogP) is 3.61. The molecule has 2 heterocycles. The van der Waals surface area contributed by atoms with Gasteiger partial charge in [-0.25, -0.2) is 9.97 Å². The zero-order chi connectivity index (χ0) is 15.6. The van der Waals surface area contributed by atoms with Crippen LogP contribution < -0.4 is 11.1 Å². The molecule has 0 radical (unpaired) electrons. The molecule has 4 aromatic rings. The fourth-order valence-electron chi connectivity index (χ4n) is 2.25. The van der Waals surface area contributed by atoms with Crippen molar-refractivity contribution in [3.8, 4) is 11.5 Å². The van der Waals surface area contributed by atoms with Gasteiger partial charge in [0, 0.05) is 16.9 Å². The van der Waals surface area contributed by atoms with Gasteiger partial charge in [0.15, 0.2) is 11.3 Å². The third-order valence-corrected chi connectivity index (χ3v) is 3.39. The molecule has 0 unspecified atom stereocenters. The Morgan fingerprint density at radius 2 is 1.70 bits per heavy atom. The van der Waals surface area contributed by atoms with E-state index in [9.17, 15) is 0 Å². The van der Waals surface area contributed by atoms with Gasteiger partial charge in [-0.15, -0.1) is 0 Å². The number of hydrogen-bond acceptors (Lipinski definition) is 6. The highest BCUT2D eigenvalue weighted by molar-refractivity contribution is 5.85. The Kier molecular flexibility index (Phi) is 3.12. The van der Waals surface area contributed by atoms with E-state index >= 15 is 0 Å². The largest absolute Gasteiger partial charge is 0.417 e. The van der Waals surface area contributed by atoms with Gasteiger partial charge in [0.05, 0.1) is 0 Å². The Hall–Kier alpha value is -3.41. The van der Waals surface area contributed by atoms with Crippen molar-refractivity contribution in [2.45, 2.75) is 0 Å². The molecule has 3 N–H and O–H groups in total. The lowest BCUT2D eigenvalue weighted by atomic mass is 10.2. The first-order chi connectivity index (χ1) is 11.3. The molecule has 6 heteroatoms. The molecular formula is C17H13N5O. The highest BCUT2D eigenvalue weighted by Crippen LogP contribution is 2.28. The van der Waals surface area contributed by atoms with Crippen molar-refractivity contribution in [3.63, 3.8) is 0 Å². The van der Waals surface area contributed by atoms with Gasteiger partial charge in [0.25, 0.3) is 5.71 Å². The van der Waals surface area contributed by atoms with Gasteiger partial charge in [-0.2, -0.15) is 4.98 Å². The van der Waals surface area contributed by atoms with Crippen molar-refractivity contribution in [3.05, 3.63) is 60.9 Å². The van der Waals surface area contributed by atoms with Crippen LogP contribution in [0.3, 0.4) is 0 Å². The maximum Gasteiger partial charge on any atom is 0.252 e. The van der Waals surface area contributed by atoms with Crippen molar-refractivity contribution in [2.75, 3.05) is 11.1 Å². The van der Waals surface area contributed by atoms with Gasteiger partial charge in [0.1, 0.15) is 6.33 Å². The molecule has 6 nitrogen and oxygen atoms in total. The van der Waals surface area contributed by atoms with E-state index in [2.05, 4.69) is 20.3 Å². The normalized spacial score (nSPS) is 10.8. The summed E-state index contributed by atoms with van der Waals surface area (Å²) in [6.45, 7) is 0. The zero-order valence-corrected chi connectivity index (χ0v) is 12.1. The molecule has 0 amide bonds. The number of nitrogen functional groups attached to an aromatic ring is 1. The molecule has 0 aliphatic heterocycles. The maximum absolute atomic E-state index is 5.73. The highest BCUT2D eigenvalue weighted by atomic mass is 16.4. The average Bonchev–Trinajstić information content (AvgIpc) is 3.02. The maximum atomic E-state index is 5.73. The van der Waals surface area contributed by atoms with Crippen LogP contribution in [0.1, 0.15) is 0 Å². The van der Waals surface area contributed by atoms with Crippen molar-refractivity contribution < 1.29 is 4.42 Å². The Morgan fingerprint density at radius 1 is 0.913 bits per heavy atom. The summed E-state index contributed by atoms with van der Waals surface area (Å²) in [7, 11) is 0. The molecule has 2 aromatic carbocycles. The molecule has 0 saturated heterocycles. The van der Waals surface area contributed by atoms with Crippen LogP contribution in [0, 0.1) is 0 Å². The number of anilines is 3. The van der Waals surface area contributed by atoms with E-state index in [-0.39, 0.29) is 0 Å². The van der Waals surface area contributed by atoms with E-state index in [0.29, 0.717) is 28.6 Å². The van der Waals surface area contributed by atoms with Crippen molar-refractivity contribution in [1.29, 1.82) is 0 Å². The number of nitrogens with zero attached hydrogens (tertiary/aromatic N) is 3. The minimum absolute atomic E-state index is 0.435. The summed E-state index contributed by atoms with van der Waals surface area (Å²) in [5.74, 6) is 1.09. The Labute approximate surface area is 132 Å². The number of benzene rings is 2. The Balaban J connectivity index is 1.77. The number of oxazole rings is 1. The lowest BCUT2D eigenvalue weighted by Gasteiger charge is -2.04. The number of nitrogens with two attached hydrogens (primary N) is 1. The van der Waals surface area contributed by atoms with E-state index in [1.807, 2.05) is 42.5 Å². The number of aromatic nitrogens is 3. The number of fused-ring (bicyclic) bond motifs is 1.